The van der Waals surface area contributed by atoms with Crippen LogP contribution in [0.4, 0.5) is 45.3 Å². The van der Waals surface area contributed by atoms with E-state index in [0.717, 1.165) is 17.4 Å². The molecule has 0 fully saturated rings. The molecule has 0 spiro atoms. The summed E-state index contributed by atoms with van der Waals surface area (Å²) in [7, 11) is 0. The molecule has 0 saturated carbocycles. The Balaban J connectivity index is 3.49. The van der Waals surface area contributed by atoms with Crippen LogP contribution >= 0.6 is 0 Å². The van der Waals surface area contributed by atoms with Gasteiger partial charge in [-0.1, -0.05) is 6.07 Å². The summed E-state index contributed by atoms with van der Waals surface area (Å²) in [6.07, 6.45) is -20.9. The van der Waals surface area contributed by atoms with Crippen molar-refractivity contribution >= 4 is 11.7 Å². The van der Waals surface area contributed by atoms with E-state index in [1.54, 1.807) is 0 Å². The molecule has 1 amide bonds. The van der Waals surface area contributed by atoms with Gasteiger partial charge in [0.05, 0.1) is 0 Å². The van der Waals surface area contributed by atoms with E-state index >= 15 is 0 Å². The second-order valence-corrected chi connectivity index (χ2v) is 4.36. The van der Waals surface area contributed by atoms with E-state index < -0.39 is 35.7 Å². The van der Waals surface area contributed by atoms with Gasteiger partial charge in [0.1, 0.15) is 5.82 Å². The number of carbonyl (C=O) groups is 1. The van der Waals surface area contributed by atoms with E-state index in [2.05, 4.69) is 4.98 Å². The Morgan fingerprint density at radius 1 is 0.913 bits per heavy atom. The van der Waals surface area contributed by atoms with Gasteiger partial charge in [-0.15, -0.1) is 0 Å². The fourth-order valence-electron chi connectivity index (χ4n) is 1.69. The van der Waals surface area contributed by atoms with Crippen molar-refractivity contribution < 1.29 is 44.3 Å². The van der Waals surface area contributed by atoms with E-state index in [0.29, 0.717) is 0 Å². The number of rotatable bonds is 2. The Bertz CT molecular complexity index is 552. The minimum Gasteiger partial charge on any atom is -0.309 e. The summed E-state index contributed by atoms with van der Waals surface area (Å²) in [5.74, 6) is -4.21. The normalized spacial score (nSPS) is 13.8. The first kappa shape index (κ1) is 19.0. The van der Waals surface area contributed by atoms with Gasteiger partial charge < -0.3 is 5.32 Å². The molecular weight excluding hydrogens is 347 g/mol. The molecule has 0 aromatic carbocycles. The first-order chi connectivity index (χ1) is 10.1. The smallest absolute Gasteiger partial charge is 0.309 e. The molecule has 23 heavy (non-hydrogen) atoms. The third-order valence-corrected chi connectivity index (χ3v) is 2.75. The number of carbonyl (C=O) groups excluding carboxylic acids is 1. The molecule has 130 valence electrons. The van der Waals surface area contributed by atoms with Crippen molar-refractivity contribution in [3.63, 3.8) is 0 Å². The molecule has 0 aliphatic rings. The fourth-order valence-corrected chi connectivity index (χ4v) is 1.69. The van der Waals surface area contributed by atoms with E-state index in [1.807, 2.05) is 0 Å². The summed E-state index contributed by atoms with van der Waals surface area (Å²) in [5, 5.41) is 0.933. The summed E-state index contributed by atoms with van der Waals surface area (Å²) >= 11 is 0. The molecule has 1 heterocycles. The highest BCUT2D eigenvalue weighted by atomic mass is 19.4. The Hall–Kier alpha value is -2.01. The standard InChI is InChI=1S/C11H7F9N2O/c1-5-3-2-4-6(21-5)22-7(23)8(9(12,13)14,10(15,16)17)11(18,19)20/h2-4H,1H3,(H,21,22,23). The molecule has 12 heteroatoms. The Kier molecular flexibility index (Phi) is 4.61. The molecule has 0 saturated heterocycles. The van der Waals surface area contributed by atoms with Gasteiger partial charge in [0.2, 0.25) is 0 Å². The number of nitrogens with one attached hydrogen (secondary N) is 1. The molecule has 1 aromatic heterocycles. The number of anilines is 1. The van der Waals surface area contributed by atoms with E-state index in [9.17, 15) is 44.3 Å². The molecule has 1 N–H and O–H groups in total. The van der Waals surface area contributed by atoms with Crippen LogP contribution < -0.4 is 5.32 Å². The summed E-state index contributed by atoms with van der Waals surface area (Å²) in [6.45, 7) is 1.26. The predicted octanol–water partition coefficient (Wildman–Crippen LogP) is 4.00. The maximum atomic E-state index is 12.7. The van der Waals surface area contributed by atoms with Crippen LogP contribution in [0.25, 0.3) is 0 Å². The van der Waals surface area contributed by atoms with E-state index in [4.69, 9.17) is 0 Å². The average molecular weight is 354 g/mol. The number of nitrogens with zero attached hydrogens (tertiary/aromatic N) is 1. The fraction of sp³-hybridized carbons (Fsp3) is 0.455. The molecule has 0 radical (unpaired) electrons. The van der Waals surface area contributed by atoms with Crippen LogP contribution in [0.2, 0.25) is 0 Å². The Labute approximate surface area is 122 Å². The second kappa shape index (κ2) is 5.57. The number of halogens is 9. The van der Waals surface area contributed by atoms with Crippen molar-refractivity contribution in [2.75, 3.05) is 5.32 Å². The average Bonchev–Trinajstić information content (AvgIpc) is 2.22. The van der Waals surface area contributed by atoms with Crippen LogP contribution in [-0.4, -0.2) is 29.4 Å². The van der Waals surface area contributed by atoms with Crippen LogP contribution in [0, 0.1) is 12.3 Å². The number of alkyl halides is 9. The summed E-state index contributed by atoms with van der Waals surface area (Å²) in [5.41, 5.74) is -6.52. The van der Waals surface area contributed by atoms with Gasteiger partial charge >= 0.3 is 23.9 Å². The van der Waals surface area contributed by atoms with Crippen LogP contribution in [-0.2, 0) is 4.79 Å². The number of pyridine rings is 1. The molecule has 0 atom stereocenters. The molecule has 0 bridgehead atoms. The lowest BCUT2D eigenvalue weighted by Gasteiger charge is -2.36. The van der Waals surface area contributed by atoms with Crippen molar-refractivity contribution in [2.45, 2.75) is 25.5 Å². The molecule has 0 aliphatic carbocycles. The zero-order chi connectivity index (χ0) is 18.3. The largest absolute Gasteiger partial charge is 0.421 e. The van der Waals surface area contributed by atoms with Gasteiger partial charge in [0.15, 0.2) is 0 Å². The maximum absolute atomic E-state index is 12.7. The lowest BCUT2D eigenvalue weighted by molar-refractivity contribution is -0.405. The number of hydrogen-bond acceptors (Lipinski definition) is 2. The highest BCUT2D eigenvalue weighted by Crippen LogP contribution is 2.59. The molecule has 1 rings (SSSR count). The van der Waals surface area contributed by atoms with Gasteiger partial charge in [-0.3, -0.25) is 4.79 Å². The van der Waals surface area contributed by atoms with Crippen LogP contribution in [0.5, 0.6) is 0 Å². The van der Waals surface area contributed by atoms with Crippen LogP contribution in [0.1, 0.15) is 5.69 Å². The van der Waals surface area contributed by atoms with Crippen LogP contribution in [0.3, 0.4) is 0 Å². The monoisotopic (exact) mass is 354 g/mol. The van der Waals surface area contributed by atoms with Crippen molar-refractivity contribution in [3.8, 4) is 0 Å². The molecule has 0 aliphatic heterocycles. The van der Waals surface area contributed by atoms with Crippen molar-refractivity contribution in [2.24, 2.45) is 5.41 Å². The predicted molar refractivity (Wildman–Crippen MR) is 58.2 cm³/mol. The maximum Gasteiger partial charge on any atom is 0.421 e. The van der Waals surface area contributed by atoms with E-state index in [1.165, 1.54) is 13.0 Å². The lowest BCUT2D eigenvalue weighted by Crippen LogP contribution is -2.65. The van der Waals surface area contributed by atoms with Gasteiger partial charge in [0.25, 0.3) is 5.91 Å². The minimum atomic E-state index is -6.96. The van der Waals surface area contributed by atoms with Gasteiger partial charge in [-0.05, 0) is 19.1 Å². The molecule has 1 aromatic rings. The summed E-state index contributed by atoms with van der Waals surface area (Å²) < 4.78 is 114. The first-order valence-electron chi connectivity index (χ1n) is 5.60. The zero-order valence-corrected chi connectivity index (χ0v) is 11.0. The Morgan fingerprint density at radius 2 is 1.35 bits per heavy atom. The number of hydrogen-bond donors (Lipinski definition) is 1. The number of aryl methyl sites for hydroxylation is 1. The van der Waals surface area contributed by atoms with Crippen molar-refractivity contribution in [1.29, 1.82) is 0 Å². The number of amides is 1. The third kappa shape index (κ3) is 3.20. The molecule has 3 nitrogen and oxygen atoms in total. The summed E-state index contributed by atoms with van der Waals surface area (Å²) in [6, 6.07) is 3.09. The van der Waals surface area contributed by atoms with Gasteiger partial charge in [-0.2, -0.15) is 39.5 Å². The first-order valence-corrected chi connectivity index (χ1v) is 5.60. The Morgan fingerprint density at radius 3 is 1.70 bits per heavy atom. The molecule has 0 unspecified atom stereocenters. The third-order valence-electron chi connectivity index (χ3n) is 2.75. The SMILES string of the molecule is Cc1cccc(NC(=O)C(C(F)(F)F)(C(F)(F)F)C(F)(F)F)n1. The zero-order valence-electron chi connectivity index (χ0n) is 11.0. The van der Waals surface area contributed by atoms with Crippen molar-refractivity contribution in [3.05, 3.63) is 23.9 Å². The van der Waals surface area contributed by atoms with Crippen LogP contribution in [0.15, 0.2) is 18.2 Å². The van der Waals surface area contributed by atoms with Crippen molar-refractivity contribution in [1.82, 2.24) is 4.98 Å². The lowest BCUT2D eigenvalue weighted by atomic mass is 9.84. The summed E-state index contributed by atoms with van der Waals surface area (Å²) in [4.78, 5) is 14.7. The quantitative estimate of drug-likeness (QED) is 0.816. The highest BCUT2D eigenvalue weighted by Gasteiger charge is 2.88. The van der Waals surface area contributed by atoms with Gasteiger partial charge in [-0.25, -0.2) is 4.98 Å². The van der Waals surface area contributed by atoms with Gasteiger partial charge in [0, 0.05) is 5.69 Å². The minimum absolute atomic E-state index is 0.0550. The number of aromatic nitrogens is 1. The topological polar surface area (TPSA) is 42.0 Å². The second-order valence-electron chi connectivity index (χ2n) is 4.36. The van der Waals surface area contributed by atoms with E-state index in [-0.39, 0.29) is 5.69 Å². The highest BCUT2D eigenvalue weighted by molar-refractivity contribution is 5.96. The molecular formula is C11H7F9N2O.